The second-order valence-corrected chi connectivity index (χ2v) is 6.63. The van der Waals surface area contributed by atoms with E-state index in [0.29, 0.717) is 31.0 Å². The summed E-state index contributed by atoms with van der Waals surface area (Å²) in [6.45, 7) is 0. The van der Waals surface area contributed by atoms with Crippen molar-refractivity contribution in [2.75, 3.05) is 7.05 Å². The van der Waals surface area contributed by atoms with Gasteiger partial charge in [-0.25, -0.2) is 4.39 Å². The van der Waals surface area contributed by atoms with Gasteiger partial charge in [-0.1, -0.05) is 6.42 Å². The van der Waals surface area contributed by atoms with Crippen LogP contribution in [0, 0.1) is 11.7 Å². The third kappa shape index (κ3) is 3.55. The van der Waals surface area contributed by atoms with Gasteiger partial charge < -0.3 is 9.64 Å². The van der Waals surface area contributed by atoms with Crippen LogP contribution in [0.4, 0.5) is 17.6 Å². The molecule has 2 fully saturated rings. The highest BCUT2D eigenvalue weighted by molar-refractivity contribution is 5.98. The fraction of sp³-hybridized carbons (Fsp3) is 0.588. The lowest BCUT2D eigenvalue weighted by molar-refractivity contribution is -0.274. The second kappa shape index (κ2) is 6.35. The zero-order valence-corrected chi connectivity index (χ0v) is 13.3. The van der Waals surface area contributed by atoms with Crippen molar-refractivity contribution >= 4 is 5.78 Å². The predicted molar refractivity (Wildman–Crippen MR) is 79.3 cm³/mol. The normalized spacial score (nSPS) is 27.8. The number of rotatable bonds is 3. The second-order valence-electron chi connectivity index (χ2n) is 6.63. The molecule has 2 atom stereocenters. The van der Waals surface area contributed by atoms with Gasteiger partial charge in [-0.2, -0.15) is 0 Å². The van der Waals surface area contributed by atoms with Gasteiger partial charge in [0.2, 0.25) is 0 Å². The average molecular weight is 345 g/mol. The molecular formula is C17H19F4NO2. The number of carbonyl (C=O) groups is 1. The predicted octanol–water partition coefficient (Wildman–Crippen LogP) is 4.17. The molecule has 0 aliphatic carbocycles. The minimum Gasteiger partial charge on any atom is -0.406 e. The number of ether oxygens (including phenoxy) is 1. The minimum absolute atomic E-state index is 0.155. The molecule has 1 aromatic rings. The molecule has 2 bridgehead atoms. The highest BCUT2D eigenvalue weighted by Gasteiger charge is 2.39. The molecule has 7 heteroatoms. The summed E-state index contributed by atoms with van der Waals surface area (Å²) in [5.41, 5.74) is -0.155. The summed E-state index contributed by atoms with van der Waals surface area (Å²) in [5.74, 6) is -2.22. The zero-order chi connectivity index (χ0) is 17.5. The Balaban J connectivity index is 1.75. The first-order valence-corrected chi connectivity index (χ1v) is 8.06. The van der Waals surface area contributed by atoms with E-state index in [2.05, 4.69) is 16.7 Å². The Morgan fingerprint density at radius 2 is 1.83 bits per heavy atom. The largest absolute Gasteiger partial charge is 0.573 e. The van der Waals surface area contributed by atoms with Crippen molar-refractivity contribution in [1.82, 2.24) is 4.90 Å². The number of hydrogen-bond donors (Lipinski definition) is 0. The van der Waals surface area contributed by atoms with Gasteiger partial charge >= 0.3 is 6.36 Å². The Kier molecular flexibility index (Phi) is 4.55. The number of piperidine rings is 2. The lowest BCUT2D eigenvalue weighted by Crippen LogP contribution is -2.51. The molecule has 1 aromatic carbocycles. The highest BCUT2D eigenvalue weighted by atomic mass is 19.4. The number of benzene rings is 1. The van der Waals surface area contributed by atoms with Gasteiger partial charge in [0.25, 0.3) is 0 Å². The van der Waals surface area contributed by atoms with Crippen LogP contribution in [0.1, 0.15) is 42.5 Å². The summed E-state index contributed by atoms with van der Waals surface area (Å²) in [7, 11) is 2.05. The van der Waals surface area contributed by atoms with E-state index in [1.807, 2.05) is 0 Å². The topological polar surface area (TPSA) is 29.5 Å². The van der Waals surface area contributed by atoms with Crippen molar-refractivity contribution in [1.29, 1.82) is 0 Å². The van der Waals surface area contributed by atoms with Crippen LogP contribution in [0.15, 0.2) is 18.2 Å². The van der Waals surface area contributed by atoms with E-state index in [-0.39, 0.29) is 17.3 Å². The van der Waals surface area contributed by atoms with Crippen molar-refractivity contribution in [3.8, 4) is 5.75 Å². The van der Waals surface area contributed by atoms with Crippen LogP contribution in [0.5, 0.6) is 5.75 Å². The molecule has 2 unspecified atom stereocenters. The number of halogens is 4. The summed E-state index contributed by atoms with van der Waals surface area (Å²) in [4.78, 5) is 14.9. The molecule has 24 heavy (non-hydrogen) atoms. The van der Waals surface area contributed by atoms with Crippen molar-refractivity contribution in [3.63, 3.8) is 0 Å². The average Bonchev–Trinajstić information content (AvgIpc) is 2.44. The third-order valence-electron chi connectivity index (χ3n) is 5.15. The minimum atomic E-state index is -4.89. The van der Waals surface area contributed by atoms with E-state index in [1.54, 1.807) is 0 Å². The summed E-state index contributed by atoms with van der Waals surface area (Å²) < 4.78 is 54.3. The van der Waals surface area contributed by atoms with Gasteiger partial charge in [0, 0.05) is 24.1 Å². The summed E-state index contributed by atoms with van der Waals surface area (Å²) in [6.07, 6.45) is -0.352. The molecule has 2 aliphatic rings. The summed E-state index contributed by atoms with van der Waals surface area (Å²) in [6, 6.07) is 3.34. The molecule has 132 valence electrons. The van der Waals surface area contributed by atoms with Crippen LogP contribution in [0.3, 0.4) is 0 Å². The number of nitrogens with zero attached hydrogens (tertiary/aromatic N) is 1. The van der Waals surface area contributed by atoms with E-state index in [0.717, 1.165) is 31.4 Å². The maximum Gasteiger partial charge on any atom is 0.573 e. The molecular weight excluding hydrogens is 326 g/mol. The molecule has 2 saturated heterocycles. The van der Waals surface area contributed by atoms with Gasteiger partial charge in [-0.15, -0.1) is 13.2 Å². The Hall–Kier alpha value is -1.63. The molecule has 0 amide bonds. The van der Waals surface area contributed by atoms with Crippen molar-refractivity contribution in [2.24, 2.45) is 5.92 Å². The number of alkyl halides is 3. The van der Waals surface area contributed by atoms with Crippen molar-refractivity contribution in [3.05, 3.63) is 29.6 Å². The van der Waals surface area contributed by atoms with Gasteiger partial charge in [-0.3, -0.25) is 4.79 Å². The van der Waals surface area contributed by atoms with Gasteiger partial charge in [-0.05, 0) is 44.9 Å². The van der Waals surface area contributed by atoms with Crippen LogP contribution < -0.4 is 4.74 Å². The first-order valence-electron chi connectivity index (χ1n) is 8.06. The van der Waals surface area contributed by atoms with Crippen molar-refractivity contribution < 1.29 is 27.1 Å². The fourth-order valence-corrected chi connectivity index (χ4v) is 3.94. The third-order valence-corrected chi connectivity index (χ3v) is 5.15. The van der Waals surface area contributed by atoms with Crippen LogP contribution >= 0.6 is 0 Å². The van der Waals surface area contributed by atoms with Crippen LogP contribution in [0.25, 0.3) is 0 Å². The molecule has 3 nitrogen and oxygen atoms in total. The van der Waals surface area contributed by atoms with Gasteiger partial charge in [0.1, 0.15) is 11.6 Å². The molecule has 0 radical (unpaired) electrons. The van der Waals surface area contributed by atoms with Gasteiger partial charge in [0.05, 0.1) is 5.56 Å². The Labute approximate surface area is 137 Å². The Morgan fingerprint density at radius 1 is 1.21 bits per heavy atom. The SMILES string of the molecule is CN1C2CCCC1CC(C(=O)c1ccc(OC(F)(F)F)cc1F)C2. The van der Waals surface area contributed by atoms with Crippen LogP contribution in [0.2, 0.25) is 0 Å². The number of hydrogen-bond acceptors (Lipinski definition) is 3. The quantitative estimate of drug-likeness (QED) is 0.608. The number of fused-ring (bicyclic) bond motifs is 2. The van der Waals surface area contributed by atoms with Crippen molar-refractivity contribution in [2.45, 2.75) is 50.6 Å². The molecule has 3 rings (SSSR count). The van der Waals surface area contributed by atoms with E-state index in [1.165, 1.54) is 0 Å². The molecule has 2 aliphatic heterocycles. The zero-order valence-electron chi connectivity index (χ0n) is 13.3. The summed E-state index contributed by atoms with van der Waals surface area (Å²) in [5, 5.41) is 0. The maximum atomic E-state index is 14.1. The Morgan fingerprint density at radius 3 is 2.38 bits per heavy atom. The first kappa shape index (κ1) is 17.2. The van der Waals surface area contributed by atoms with E-state index in [9.17, 15) is 22.4 Å². The highest BCUT2D eigenvalue weighted by Crippen LogP contribution is 2.37. The maximum absolute atomic E-state index is 14.1. The van der Waals surface area contributed by atoms with E-state index < -0.39 is 17.9 Å². The number of ketones is 1. The molecule has 0 spiro atoms. The fourth-order valence-electron chi connectivity index (χ4n) is 3.94. The monoisotopic (exact) mass is 345 g/mol. The summed E-state index contributed by atoms with van der Waals surface area (Å²) >= 11 is 0. The Bertz CT molecular complexity index is 618. The lowest BCUT2D eigenvalue weighted by atomic mass is 9.76. The smallest absolute Gasteiger partial charge is 0.406 e. The van der Waals surface area contributed by atoms with E-state index >= 15 is 0 Å². The molecule has 0 saturated carbocycles. The molecule has 0 N–H and O–H groups in total. The number of Topliss-reactive ketones (excluding diaryl/α,β-unsaturated/α-hetero) is 1. The molecule has 2 heterocycles. The van der Waals surface area contributed by atoms with Crippen LogP contribution in [-0.2, 0) is 0 Å². The molecule has 0 aromatic heterocycles. The first-order chi connectivity index (χ1) is 11.2. The standard InChI is InChI=1S/C17H19F4NO2/c1-22-11-3-2-4-12(22)8-10(7-11)16(23)14-6-5-13(9-15(14)18)24-17(19,20)21/h5-6,9-12H,2-4,7-8H2,1H3. The number of carbonyl (C=O) groups excluding carboxylic acids is 1. The van der Waals surface area contributed by atoms with E-state index in [4.69, 9.17) is 0 Å². The lowest BCUT2D eigenvalue weighted by Gasteiger charge is -2.46. The van der Waals surface area contributed by atoms with Gasteiger partial charge in [0.15, 0.2) is 5.78 Å². The van der Waals surface area contributed by atoms with Crippen LogP contribution in [-0.4, -0.2) is 36.2 Å².